The first-order valence-electron chi connectivity index (χ1n) is 33.5. The van der Waals surface area contributed by atoms with E-state index in [0.29, 0.717) is 19.3 Å². The summed E-state index contributed by atoms with van der Waals surface area (Å²) < 4.78 is 16.8. The van der Waals surface area contributed by atoms with Gasteiger partial charge in [0, 0.05) is 19.3 Å². The first-order chi connectivity index (χ1) is 36.0. The molecule has 0 aliphatic heterocycles. The Morgan fingerprint density at radius 1 is 0.219 bits per heavy atom. The molecule has 0 spiro atoms. The lowest BCUT2D eigenvalue weighted by Crippen LogP contribution is -2.30. The molecule has 0 saturated carbocycles. The maximum atomic E-state index is 12.8. The van der Waals surface area contributed by atoms with Gasteiger partial charge in [-0.3, -0.25) is 14.4 Å². The summed E-state index contributed by atoms with van der Waals surface area (Å²) in [5, 5.41) is 0. The van der Waals surface area contributed by atoms with Crippen molar-refractivity contribution in [2.45, 2.75) is 399 Å². The van der Waals surface area contributed by atoms with Crippen LogP contribution in [0.25, 0.3) is 0 Å². The molecule has 0 bridgehead atoms. The van der Waals surface area contributed by atoms with Crippen LogP contribution in [-0.2, 0) is 28.6 Å². The van der Waals surface area contributed by atoms with Gasteiger partial charge in [0.2, 0.25) is 0 Å². The van der Waals surface area contributed by atoms with Crippen molar-refractivity contribution in [1.82, 2.24) is 0 Å². The molecule has 434 valence electrons. The summed E-state index contributed by atoms with van der Waals surface area (Å²) in [5.74, 6) is -0.845. The van der Waals surface area contributed by atoms with E-state index < -0.39 is 6.10 Å². The van der Waals surface area contributed by atoms with E-state index in [1.165, 1.54) is 289 Å². The van der Waals surface area contributed by atoms with Crippen molar-refractivity contribution in [1.29, 1.82) is 0 Å². The first-order valence-corrected chi connectivity index (χ1v) is 33.5. The molecule has 0 aliphatic rings. The van der Waals surface area contributed by atoms with Crippen molar-refractivity contribution >= 4 is 17.9 Å². The highest BCUT2D eigenvalue weighted by Crippen LogP contribution is 2.19. The standard InChI is InChI=1S/C67H130O6/c1-4-7-10-13-15-17-19-21-23-25-27-29-30-31-32-33-34-35-36-38-39-41-43-45-47-49-51-54-57-60-66(69)72-63-64(62-71-65(68)59-56-53-12-9-6-3)73-67(70)61-58-55-52-50-48-46-44-42-40-37-28-26-24-22-20-18-16-14-11-8-5-2/h64H,4-63H2,1-3H3. The second kappa shape index (κ2) is 62.9. The lowest BCUT2D eigenvalue weighted by molar-refractivity contribution is -0.167. The predicted octanol–water partition coefficient (Wildman–Crippen LogP) is 22.7. The second-order valence-corrected chi connectivity index (χ2v) is 23.1. The molecular formula is C67H130O6. The maximum absolute atomic E-state index is 12.8. The summed E-state index contributed by atoms with van der Waals surface area (Å²) in [5.41, 5.74) is 0. The molecule has 73 heavy (non-hydrogen) atoms. The summed E-state index contributed by atoms with van der Waals surface area (Å²) in [4.78, 5) is 37.9. The fourth-order valence-electron chi connectivity index (χ4n) is 10.6. The summed E-state index contributed by atoms with van der Waals surface area (Å²) in [6.07, 6.45) is 73.3. The highest BCUT2D eigenvalue weighted by atomic mass is 16.6. The van der Waals surface area contributed by atoms with Crippen LogP contribution in [0.1, 0.15) is 393 Å². The Kier molecular flexibility index (Phi) is 61.6. The van der Waals surface area contributed by atoms with E-state index in [2.05, 4.69) is 20.8 Å². The molecule has 1 unspecified atom stereocenters. The molecule has 0 saturated heterocycles. The van der Waals surface area contributed by atoms with Gasteiger partial charge in [-0.1, -0.05) is 355 Å². The second-order valence-electron chi connectivity index (χ2n) is 23.1. The highest BCUT2D eigenvalue weighted by Gasteiger charge is 2.19. The number of hydrogen-bond donors (Lipinski definition) is 0. The third kappa shape index (κ3) is 61.1. The molecule has 6 heteroatoms. The molecular weight excluding hydrogens is 901 g/mol. The fourth-order valence-corrected chi connectivity index (χ4v) is 10.6. The monoisotopic (exact) mass is 1030 g/mol. The fraction of sp³-hybridized carbons (Fsp3) is 0.955. The quantitative estimate of drug-likeness (QED) is 0.0343. The molecule has 0 heterocycles. The molecule has 0 amide bonds. The van der Waals surface area contributed by atoms with Crippen LogP contribution in [-0.4, -0.2) is 37.2 Å². The van der Waals surface area contributed by atoms with E-state index in [-0.39, 0.29) is 31.1 Å². The van der Waals surface area contributed by atoms with E-state index >= 15 is 0 Å². The molecule has 0 fully saturated rings. The highest BCUT2D eigenvalue weighted by molar-refractivity contribution is 5.71. The van der Waals surface area contributed by atoms with Gasteiger partial charge in [-0.2, -0.15) is 0 Å². The zero-order valence-electron chi connectivity index (χ0n) is 50.0. The lowest BCUT2D eigenvalue weighted by Gasteiger charge is -2.18. The lowest BCUT2D eigenvalue weighted by atomic mass is 10.0. The minimum atomic E-state index is -0.760. The van der Waals surface area contributed by atoms with Gasteiger partial charge in [0.05, 0.1) is 0 Å². The molecule has 0 radical (unpaired) electrons. The van der Waals surface area contributed by atoms with Crippen molar-refractivity contribution in [3.8, 4) is 0 Å². The van der Waals surface area contributed by atoms with Crippen LogP contribution in [0, 0.1) is 0 Å². The van der Waals surface area contributed by atoms with Gasteiger partial charge < -0.3 is 14.2 Å². The van der Waals surface area contributed by atoms with Crippen LogP contribution in [0.4, 0.5) is 0 Å². The van der Waals surface area contributed by atoms with Crippen LogP contribution in [0.3, 0.4) is 0 Å². The summed E-state index contributed by atoms with van der Waals surface area (Å²) in [7, 11) is 0. The van der Waals surface area contributed by atoms with Gasteiger partial charge in [-0.05, 0) is 19.3 Å². The van der Waals surface area contributed by atoms with Crippen molar-refractivity contribution in [2.75, 3.05) is 13.2 Å². The summed E-state index contributed by atoms with van der Waals surface area (Å²) in [6.45, 7) is 6.64. The number of esters is 3. The van der Waals surface area contributed by atoms with Crippen LogP contribution >= 0.6 is 0 Å². The van der Waals surface area contributed by atoms with E-state index in [1.54, 1.807) is 0 Å². The number of carbonyl (C=O) groups excluding carboxylic acids is 3. The van der Waals surface area contributed by atoms with Crippen LogP contribution < -0.4 is 0 Å². The number of carbonyl (C=O) groups is 3. The Morgan fingerprint density at radius 2 is 0.370 bits per heavy atom. The molecule has 0 aliphatic carbocycles. The van der Waals surface area contributed by atoms with Crippen LogP contribution in [0.5, 0.6) is 0 Å². The zero-order chi connectivity index (χ0) is 52.9. The largest absolute Gasteiger partial charge is 0.462 e. The molecule has 1 atom stereocenters. The van der Waals surface area contributed by atoms with E-state index in [1.807, 2.05) is 0 Å². The average Bonchev–Trinajstić information content (AvgIpc) is 3.39. The van der Waals surface area contributed by atoms with Crippen molar-refractivity contribution in [3.05, 3.63) is 0 Å². The van der Waals surface area contributed by atoms with Crippen molar-refractivity contribution < 1.29 is 28.6 Å². The maximum Gasteiger partial charge on any atom is 0.306 e. The Morgan fingerprint density at radius 3 is 0.548 bits per heavy atom. The third-order valence-corrected chi connectivity index (χ3v) is 15.6. The summed E-state index contributed by atoms with van der Waals surface area (Å²) in [6, 6.07) is 0. The van der Waals surface area contributed by atoms with Gasteiger partial charge in [0.25, 0.3) is 0 Å². The van der Waals surface area contributed by atoms with Gasteiger partial charge >= 0.3 is 17.9 Å². The number of hydrogen-bond acceptors (Lipinski definition) is 6. The molecule has 0 aromatic carbocycles. The number of unbranched alkanes of at least 4 members (excludes halogenated alkanes) is 52. The molecule has 0 N–H and O–H groups in total. The average molecular weight is 1030 g/mol. The zero-order valence-corrected chi connectivity index (χ0v) is 50.0. The minimum Gasteiger partial charge on any atom is -0.462 e. The Labute approximate surface area is 457 Å². The Hall–Kier alpha value is -1.59. The first kappa shape index (κ1) is 71.4. The van der Waals surface area contributed by atoms with Gasteiger partial charge in [-0.15, -0.1) is 0 Å². The van der Waals surface area contributed by atoms with Gasteiger partial charge in [0.1, 0.15) is 13.2 Å². The summed E-state index contributed by atoms with van der Waals surface area (Å²) >= 11 is 0. The van der Waals surface area contributed by atoms with Gasteiger partial charge in [0.15, 0.2) is 6.10 Å². The van der Waals surface area contributed by atoms with Crippen molar-refractivity contribution in [3.63, 3.8) is 0 Å². The van der Waals surface area contributed by atoms with Crippen molar-refractivity contribution in [2.24, 2.45) is 0 Å². The van der Waals surface area contributed by atoms with Gasteiger partial charge in [-0.25, -0.2) is 0 Å². The Bertz CT molecular complexity index is 1090. The number of rotatable bonds is 63. The normalized spacial score (nSPS) is 11.9. The van der Waals surface area contributed by atoms with E-state index in [9.17, 15) is 14.4 Å². The number of ether oxygens (including phenoxy) is 3. The Balaban J connectivity index is 3.90. The smallest absolute Gasteiger partial charge is 0.306 e. The molecule has 6 nitrogen and oxygen atoms in total. The SMILES string of the molecule is CCCCCCCCCCCCCCCCCCCCCCCCCCCCCCCC(=O)OCC(COC(=O)CCCCCCC)OC(=O)CCCCCCCCCCCCCCCCCCCCCCC. The van der Waals surface area contributed by atoms with E-state index in [0.717, 1.165) is 64.2 Å². The van der Waals surface area contributed by atoms with Crippen LogP contribution in [0.2, 0.25) is 0 Å². The molecule has 0 aromatic rings. The van der Waals surface area contributed by atoms with E-state index in [4.69, 9.17) is 14.2 Å². The molecule has 0 aromatic heterocycles. The minimum absolute atomic E-state index is 0.0623. The molecule has 0 rings (SSSR count). The third-order valence-electron chi connectivity index (χ3n) is 15.6. The van der Waals surface area contributed by atoms with Crippen LogP contribution in [0.15, 0.2) is 0 Å². The topological polar surface area (TPSA) is 78.9 Å². The predicted molar refractivity (Wildman–Crippen MR) is 317 cm³/mol.